The summed E-state index contributed by atoms with van der Waals surface area (Å²) in [5.74, 6) is -0.661. The Morgan fingerprint density at radius 2 is 2.08 bits per heavy atom. The van der Waals surface area contributed by atoms with E-state index in [9.17, 15) is 14.0 Å². The molecule has 2 heterocycles. The number of aromatic nitrogens is 1. The molecule has 0 unspecified atom stereocenters. The van der Waals surface area contributed by atoms with Crippen molar-refractivity contribution in [2.75, 3.05) is 19.4 Å². The van der Waals surface area contributed by atoms with Crippen molar-refractivity contribution < 1.29 is 9.18 Å². The lowest BCUT2D eigenvalue weighted by Gasteiger charge is -2.21. The topological polar surface area (TPSA) is 54.3 Å². The summed E-state index contributed by atoms with van der Waals surface area (Å²) in [4.78, 5) is 26.9. The summed E-state index contributed by atoms with van der Waals surface area (Å²) < 4.78 is 16.5. The quantitative estimate of drug-likeness (QED) is 0.847. The molecule has 1 amide bonds. The molecule has 1 aromatic heterocycles. The first kappa shape index (κ1) is 17.7. The van der Waals surface area contributed by atoms with Gasteiger partial charge in [-0.2, -0.15) is 0 Å². The molecule has 0 fully saturated rings. The first-order valence-electron chi connectivity index (χ1n) is 8.01. The smallest absolute Gasteiger partial charge is 0.257 e. The third-order valence-corrected chi connectivity index (χ3v) is 4.90. The number of hydrogen-bond donors (Lipinski definition) is 1. The van der Waals surface area contributed by atoms with E-state index in [-0.39, 0.29) is 17.2 Å². The van der Waals surface area contributed by atoms with Crippen LogP contribution in [0.2, 0.25) is 0 Å². The fourth-order valence-electron chi connectivity index (χ4n) is 3.14. The van der Waals surface area contributed by atoms with E-state index in [0.717, 1.165) is 6.42 Å². The number of rotatable bonds is 3. The molecule has 1 N–H and O–H groups in total. The second kappa shape index (κ2) is 6.63. The molecule has 3 rings (SSSR count). The summed E-state index contributed by atoms with van der Waals surface area (Å²) in [6.07, 6.45) is 1.47. The number of carbonyl (C=O) groups excluding carboxylic acids is 1. The fourth-order valence-corrected chi connectivity index (χ4v) is 3.47. The number of amides is 1. The van der Waals surface area contributed by atoms with Crippen LogP contribution in [0, 0.1) is 12.7 Å². The van der Waals surface area contributed by atoms with Crippen molar-refractivity contribution in [1.29, 1.82) is 0 Å². The molecule has 1 aromatic carbocycles. The first-order valence-corrected chi connectivity index (χ1v) is 8.80. The van der Waals surface area contributed by atoms with Crippen molar-refractivity contribution in [3.8, 4) is 0 Å². The minimum atomic E-state index is -0.461. The molecule has 1 aliphatic heterocycles. The van der Waals surface area contributed by atoms with Crippen LogP contribution in [0.1, 0.15) is 28.0 Å². The van der Waals surface area contributed by atoms with Gasteiger partial charge in [0.1, 0.15) is 5.82 Å². The molecule has 0 saturated heterocycles. The Labute approximate surface area is 153 Å². The van der Waals surface area contributed by atoms with Gasteiger partial charge in [0.25, 0.3) is 11.5 Å². The van der Waals surface area contributed by atoms with Gasteiger partial charge in [0.05, 0.1) is 16.9 Å². The highest BCUT2D eigenvalue weighted by atomic mass is 79.9. The number of nitrogens with zero attached hydrogens (tertiary/aromatic N) is 2. The SMILES string of the molecule is Cc1c(Nc2ccc(Br)cc2F)c(C(=O)N(C)C)c2n(c1=O)CCC2. The van der Waals surface area contributed by atoms with E-state index < -0.39 is 5.82 Å². The zero-order valence-corrected chi connectivity index (χ0v) is 15.9. The van der Waals surface area contributed by atoms with E-state index in [4.69, 9.17) is 0 Å². The van der Waals surface area contributed by atoms with E-state index in [0.29, 0.717) is 39.9 Å². The minimum Gasteiger partial charge on any atom is -0.352 e. The van der Waals surface area contributed by atoms with Gasteiger partial charge in [-0.15, -0.1) is 0 Å². The summed E-state index contributed by atoms with van der Waals surface area (Å²) in [6, 6.07) is 4.62. The monoisotopic (exact) mass is 407 g/mol. The van der Waals surface area contributed by atoms with Crippen LogP contribution >= 0.6 is 15.9 Å². The minimum absolute atomic E-state index is 0.136. The predicted octanol–water partition coefficient (Wildman–Crippen LogP) is 3.45. The lowest BCUT2D eigenvalue weighted by atomic mass is 10.0. The van der Waals surface area contributed by atoms with Crippen molar-refractivity contribution in [1.82, 2.24) is 9.47 Å². The van der Waals surface area contributed by atoms with Crippen LogP contribution < -0.4 is 10.9 Å². The first-order chi connectivity index (χ1) is 11.8. The molecule has 25 heavy (non-hydrogen) atoms. The van der Waals surface area contributed by atoms with Gasteiger partial charge in [-0.05, 0) is 38.0 Å². The third-order valence-electron chi connectivity index (χ3n) is 4.41. The van der Waals surface area contributed by atoms with Crippen LogP contribution in [0.25, 0.3) is 0 Å². The van der Waals surface area contributed by atoms with E-state index in [1.54, 1.807) is 37.7 Å². The van der Waals surface area contributed by atoms with E-state index in [1.165, 1.54) is 11.0 Å². The molecular formula is C18H19BrFN3O2. The van der Waals surface area contributed by atoms with Gasteiger partial charge >= 0.3 is 0 Å². The average Bonchev–Trinajstić information content (AvgIpc) is 3.03. The Kier molecular flexibility index (Phi) is 4.69. The maximum absolute atomic E-state index is 14.3. The highest BCUT2D eigenvalue weighted by molar-refractivity contribution is 9.10. The second-order valence-corrected chi connectivity index (χ2v) is 7.25. The summed E-state index contributed by atoms with van der Waals surface area (Å²) in [5.41, 5.74) is 2.05. The summed E-state index contributed by atoms with van der Waals surface area (Å²) in [6.45, 7) is 2.27. The molecule has 0 bridgehead atoms. The van der Waals surface area contributed by atoms with Gasteiger partial charge in [-0.1, -0.05) is 15.9 Å². The Balaban J connectivity index is 2.23. The molecule has 0 saturated carbocycles. The Bertz CT molecular complexity index is 922. The fraction of sp³-hybridized carbons (Fsp3) is 0.333. The number of halogens is 2. The van der Waals surface area contributed by atoms with Crippen LogP contribution in [0.5, 0.6) is 0 Å². The number of fused-ring (bicyclic) bond motifs is 1. The van der Waals surface area contributed by atoms with Crippen LogP contribution in [-0.2, 0) is 13.0 Å². The van der Waals surface area contributed by atoms with Gasteiger partial charge in [0, 0.05) is 36.4 Å². The van der Waals surface area contributed by atoms with E-state index >= 15 is 0 Å². The maximum atomic E-state index is 14.3. The second-order valence-electron chi connectivity index (χ2n) is 6.33. The van der Waals surface area contributed by atoms with Crippen LogP contribution in [0.15, 0.2) is 27.5 Å². The van der Waals surface area contributed by atoms with Gasteiger partial charge < -0.3 is 14.8 Å². The van der Waals surface area contributed by atoms with Crippen molar-refractivity contribution in [2.24, 2.45) is 0 Å². The zero-order chi connectivity index (χ0) is 18.3. The highest BCUT2D eigenvalue weighted by Crippen LogP contribution is 2.31. The summed E-state index contributed by atoms with van der Waals surface area (Å²) >= 11 is 3.22. The summed E-state index contributed by atoms with van der Waals surface area (Å²) in [7, 11) is 3.33. The molecule has 0 atom stereocenters. The zero-order valence-electron chi connectivity index (χ0n) is 14.3. The van der Waals surface area contributed by atoms with Gasteiger partial charge in [-0.3, -0.25) is 9.59 Å². The molecule has 1 aliphatic rings. The number of pyridine rings is 1. The lowest BCUT2D eigenvalue weighted by Crippen LogP contribution is -2.30. The van der Waals surface area contributed by atoms with Crippen molar-refractivity contribution in [2.45, 2.75) is 26.3 Å². The number of nitrogens with one attached hydrogen (secondary N) is 1. The van der Waals surface area contributed by atoms with Crippen LogP contribution in [-0.4, -0.2) is 29.5 Å². The normalized spacial score (nSPS) is 12.8. The number of benzene rings is 1. The van der Waals surface area contributed by atoms with Gasteiger partial charge in [0.2, 0.25) is 0 Å². The molecule has 0 spiro atoms. The third kappa shape index (κ3) is 3.08. The molecule has 5 nitrogen and oxygen atoms in total. The van der Waals surface area contributed by atoms with Gasteiger partial charge in [-0.25, -0.2) is 4.39 Å². The number of carbonyl (C=O) groups is 1. The average molecular weight is 408 g/mol. The predicted molar refractivity (Wildman–Crippen MR) is 99.2 cm³/mol. The van der Waals surface area contributed by atoms with Crippen molar-refractivity contribution in [3.05, 3.63) is 55.7 Å². The Morgan fingerprint density at radius 1 is 1.36 bits per heavy atom. The molecule has 0 radical (unpaired) electrons. The van der Waals surface area contributed by atoms with Crippen LogP contribution in [0.4, 0.5) is 15.8 Å². The number of hydrogen-bond acceptors (Lipinski definition) is 3. The molecule has 132 valence electrons. The molecule has 0 aliphatic carbocycles. The molecule has 7 heteroatoms. The number of anilines is 2. The van der Waals surface area contributed by atoms with Crippen molar-refractivity contribution in [3.63, 3.8) is 0 Å². The lowest BCUT2D eigenvalue weighted by molar-refractivity contribution is 0.0826. The molecular weight excluding hydrogens is 389 g/mol. The van der Waals surface area contributed by atoms with Crippen molar-refractivity contribution >= 4 is 33.2 Å². The van der Waals surface area contributed by atoms with Crippen LogP contribution in [0.3, 0.4) is 0 Å². The van der Waals surface area contributed by atoms with E-state index in [1.807, 2.05) is 0 Å². The highest BCUT2D eigenvalue weighted by Gasteiger charge is 2.28. The van der Waals surface area contributed by atoms with E-state index in [2.05, 4.69) is 21.2 Å². The Hall–Kier alpha value is -2.15. The largest absolute Gasteiger partial charge is 0.352 e. The molecule has 2 aromatic rings. The van der Waals surface area contributed by atoms with Gasteiger partial charge in [0.15, 0.2) is 0 Å². The maximum Gasteiger partial charge on any atom is 0.257 e. The standard InChI is InChI=1S/C18H19BrFN3O2/c1-10-16(21-13-7-6-11(19)9-12(13)20)15(18(25)22(2)3)14-5-4-8-23(14)17(10)24/h6-7,9,21H,4-5,8H2,1-3H3. The Morgan fingerprint density at radius 3 is 2.72 bits per heavy atom. The summed E-state index contributed by atoms with van der Waals surface area (Å²) in [5, 5.41) is 2.99.